The monoisotopic (exact) mass is 339 g/mol. The third kappa shape index (κ3) is 3.77. The molecular formula is C18H17N3O4. The van der Waals surface area contributed by atoms with E-state index in [9.17, 15) is 14.4 Å². The molecule has 7 heteroatoms. The summed E-state index contributed by atoms with van der Waals surface area (Å²) >= 11 is 0. The second-order valence-corrected chi connectivity index (χ2v) is 5.60. The molecule has 0 aliphatic rings. The standard InChI is InChI=1S/C18H17N3O4/c1-13-4-6-14(7-5-13)21-9-8-20(17(23)18(21)24)12-16(22)19-11-15-3-2-10-25-15/h2-10H,11-12H2,1H3,(H,19,22). The van der Waals surface area contributed by atoms with Crippen LogP contribution in [0.2, 0.25) is 0 Å². The molecule has 2 heterocycles. The molecule has 0 fully saturated rings. The van der Waals surface area contributed by atoms with Gasteiger partial charge in [0.05, 0.1) is 12.8 Å². The van der Waals surface area contributed by atoms with E-state index in [0.29, 0.717) is 11.4 Å². The summed E-state index contributed by atoms with van der Waals surface area (Å²) in [4.78, 5) is 36.5. The zero-order valence-corrected chi connectivity index (χ0v) is 13.6. The van der Waals surface area contributed by atoms with Gasteiger partial charge in [-0.3, -0.25) is 23.5 Å². The van der Waals surface area contributed by atoms with Crippen molar-refractivity contribution in [3.63, 3.8) is 0 Å². The fraction of sp³-hybridized carbons (Fsp3) is 0.167. The van der Waals surface area contributed by atoms with E-state index < -0.39 is 11.1 Å². The van der Waals surface area contributed by atoms with Crippen molar-refractivity contribution in [2.24, 2.45) is 0 Å². The minimum Gasteiger partial charge on any atom is -0.467 e. The second-order valence-electron chi connectivity index (χ2n) is 5.60. The van der Waals surface area contributed by atoms with Crippen LogP contribution in [0.5, 0.6) is 0 Å². The van der Waals surface area contributed by atoms with E-state index in [2.05, 4.69) is 5.32 Å². The van der Waals surface area contributed by atoms with Gasteiger partial charge in [-0.2, -0.15) is 0 Å². The molecule has 25 heavy (non-hydrogen) atoms. The Balaban J connectivity index is 1.76. The number of aromatic nitrogens is 2. The zero-order chi connectivity index (χ0) is 17.8. The number of aryl methyl sites for hydroxylation is 1. The van der Waals surface area contributed by atoms with E-state index >= 15 is 0 Å². The average molecular weight is 339 g/mol. The first kappa shape index (κ1) is 16.5. The highest BCUT2D eigenvalue weighted by Gasteiger charge is 2.10. The lowest BCUT2D eigenvalue weighted by Crippen LogP contribution is -2.42. The quantitative estimate of drug-likeness (QED) is 0.708. The van der Waals surface area contributed by atoms with Crippen LogP contribution in [-0.2, 0) is 17.9 Å². The van der Waals surface area contributed by atoms with E-state index in [4.69, 9.17) is 4.42 Å². The summed E-state index contributed by atoms with van der Waals surface area (Å²) < 4.78 is 7.46. The largest absolute Gasteiger partial charge is 0.467 e. The first-order valence-electron chi connectivity index (χ1n) is 7.73. The van der Waals surface area contributed by atoms with Crippen molar-refractivity contribution in [3.05, 3.63) is 87.1 Å². The third-order valence-corrected chi connectivity index (χ3v) is 3.72. The van der Waals surface area contributed by atoms with Gasteiger partial charge < -0.3 is 9.73 Å². The van der Waals surface area contributed by atoms with Gasteiger partial charge in [0.2, 0.25) is 5.91 Å². The molecule has 1 amide bonds. The number of furan rings is 1. The van der Waals surface area contributed by atoms with Gasteiger partial charge in [-0.1, -0.05) is 17.7 Å². The lowest BCUT2D eigenvalue weighted by molar-refractivity contribution is -0.122. The Morgan fingerprint density at radius 1 is 1.08 bits per heavy atom. The molecule has 0 aliphatic heterocycles. The molecule has 3 aromatic rings. The van der Waals surface area contributed by atoms with Gasteiger partial charge in [-0.25, -0.2) is 0 Å². The number of hydrogen-bond donors (Lipinski definition) is 1. The summed E-state index contributed by atoms with van der Waals surface area (Å²) in [7, 11) is 0. The van der Waals surface area contributed by atoms with E-state index in [1.165, 1.54) is 23.2 Å². The summed E-state index contributed by atoms with van der Waals surface area (Å²) in [6.45, 7) is 1.93. The lowest BCUT2D eigenvalue weighted by Gasteiger charge is -2.09. The summed E-state index contributed by atoms with van der Waals surface area (Å²) in [5.41, 5.74) is 0.196. The van der Waals surface area contributed by atoms with Crippen LogP contribution in [0.25, 0.3) is 5.69 Å². The van der Waals surface area contributed by atoms with Crippen LogP contribution in [-0.4, -0.2) is 15.0 Å². The van der Waals surface area contributed by atoms with Gasteiger partial charge in [0.15, 0.2) is 0 Å². The molecule has 0 radical (unpaired) electrons. The molecular weight excluding hydrogens is 322 g/mol. The Morgan fingerprint density at radius 3 is 2.52 bits per heavy atom. The molecule has 0 unspecified atom stereocenters. The Hall–Kier alpha value is -3.35. The van der Waals surface area contributed by atoms with Crippen molar-refractivity contribution in [1.82, 2.24) is 14.5 Å². The van der Waals surface area contributed by atoms with Gasteiger partial charge >= 0.3 is 11.1 Å². The molecule has 0 saturated heterocycles. The van der Waals surface area contributed by atoms with Gasteiger partial charge in [0, 0.05) is 18.1 Å². The van der Waals surface area contributed by atoms with Crippen molar-refractivity contribution in [2.75, 3.05) is 0 Å². The Bertz CT molecular complexity index is 982. The van der Waals surface area contributed by atoms with E-state index in [1.807, 2.05) is 19.1 Å². The van der Waals surface area contributed by atoms with Gasteiger partial charge in [-0.15, -0.1) is 0 Å². The lowest BCUT2D eigenvalue weighted by atomic mass is 10.2. The van der Waals surface area contributed by atoms with Crippen molar-refractivity contribution in [3.8, 4) is 5.69 Å². The number of nitrogens with zero attached hydrogens (tertiary/aromatic N) is 2. The number of rotatable bonds is 5. The van der Waals surface area contributed by atoms with Crippen LogP contribution < -0.4 is 16.4 Å². The SMILES string of the molecule is Cc1ccc(-n2ccn(CC(=O)NCc3ccco3)c(=O)c2=O)cc1. The minimum absolute atomic E-state index is 0.223. The fourth-order valence-electron chi connectivity index (χ4n) is 2.35. The van der Waals surface area contributed by atoms with Crippen LogP contribution in [0.3, 0.4) is 0 Å². The maximum Gasteiger partial charge on any atom is 0.320 e. The van der Waals surface area contributed by atoms with Crippen molar-refractivity contribution in [2.45, 2.75) is 20.0 Å². The van der Waals surface area contributed by atoms with Crippen LogP contribution in [0.1, 0.15) is 11.3 Å². The number of carbonyl (C=O) groups excluding carboxylic acids is 1. The molecule has 0 aliphatic carbocycles. The highest BCUT2D eigenvalue weighted by Crippen LogP contribution is 2.06. The van der Waals surface area contributed by atoms with Gasteiger partial charge in [0.25, 0.3) is 0 Å². The van der Waals surface area contributed by atoms with Crippen LogP contribution in [0.4, 0.5) is 0 Å². The number of amides is 1. The highest BCUT2D eigenvalue weighted by atomic mass is 16.3. The molecule has 0 saturated carbocycles. The topological polar surface area (TPSA) is 86.2 Å². The maximum atomic E-state index is 12.3. The molecule has 1 aromatic carbocycles. The van der Waals surface area contributed by atoms with E-state index in [0.717, 1.165) is 10.1 Å². The van der Waals surface area contributed by atoms with Gasteiger partial charge in [-0.05, 0) is 31.2 Å². The smallest absolute Gasteiger partial charge is 0.320 e. The Labute approximate surface area is 143 Å². The maximum absolute atomic E-state index is 12.3. The first-order valence-corrected chi connectivity index (χ1v) is 7.73. The first-order chi connectivity index (χ1) is 12.0. The zero-order valence-electron chi connectivity index (χ0n) is 13.6. The Morgan fingerprint density at radius 2 is 1.84 bits per heavy atom. The minimum atomic E-state index is -0.753. The van der Waals surface area contributed by atoms with Crippen molar-refractivity contribution >= 4 is 5.91 Å². The predicted molar refractivity (Wildman–Crippen MR) is 91.6 cm³/mol. The van der Waals surface area contributed by atoms with Crippen molar-refractivity contribution in [1.29, 1.82) is 0 Å². The van der Waals surface area contributed by atoms with Crippen LogP contribution in [0, 0.1) is 6.92 Å². The molecule has 7 nitrogen and oxygen atoms in total. The summed E-state index contributed by atoms with van der Waals surface area (Å²) in [5, 5.41) is 2.63. The normalized spacial score (nSPS) is 10.6. The van der Waals surface area contributed by atoms with Gasteiger partial charge in [0.1, 0.15) is 12.3 Å². The molecule has 1 N–H and O–H groups in total. The number of nitrogens with one attached hydrogen (secondary N) is 1. The molecule has 2 aromatic heterocycles. The molecule has 3 rings (SSSR count). The van der Waals surface area contributed by atoms with E-state index in [1.54, 1.807) is 24.3 Å². The molecule has 128 valence electrons. The van der Waals surface area contributed by atoms with E-state index in [-0.39, 0.29) is 19.0 Å². The molecule has 0 atom stereocenters. The highest BCUT2D eigenvalue weighted by molar-refractivity contribution is 5.75. The van der Waals surface area contributed by atoms with Crippen molar-refractivity contribution < 1.29 is 9.21 Å². The number of carbonyl (C=O) groups is 1. The van der Waals surface area contributed by atoms with Crippen LogP contribution in [0.15, 0.2) is 69.1 Å². The summed E-state index contributed by atoms with van der Waals surface area (Å²) in [6, 6.07) is 10.7. The third-order valence-electron chi connectivity index (χ3n) is 3.72. The average Bonchev–Trinajstić information content (AvgIpc) is 3.12. The summed E-state index contributed by atoms with van der Waals surface area (Å²) in [6.07, 6.45) is 4.42. The summed E-state index contributed by atoms with van der Waals surface area (Å²) in [5.74, 6) is 0.224. The fourth-order valence-corrected chi connectivity index (χ4v) is 2.35. The number of benzene rings is 1. The second kappa shape index (κ2) is 7.04. The van der Waals surface area contributed by atoms with Crippen LogP contribution >= 0.6 is 0 Å². The molecule has 0 bridgehead atoms. The Kier molecular flexibility index (Phi) is 4.65. The molecule has 0 spiro atoms. The predicted octanol–water partition coefficient (Wildman–Crippen LogP) is 1.22. The number of hydrogen-bond acceptors (Lipinski definition) is 4.